The average molecular weight is 299 g/mol. The molecule has 1 aliphatic rings. The first-order valence-electron chi connectivity index (χ1n) is 6.16. The Morgan fingerprint density at radius 1 is 1.41 bits per heavy atom. The Morgan fingerprint density at radius 2 is 2.12 bits per heavy atom. The molecule has 0 N–H and O–H groups in total. The van der Waals surface area contributed by atoms with Crippen LogP contribution in [0, 0.1) is 5.92 Å². The van der Waals surface area contributed by atoms with Crippen LogP contribution in [0.4, 0.5) is 0 Å². The highest BCUT2D eigenvalue weighted by molar-refractivity contribution is 9.09. The van der Waals surface area contributed by atoms with E-state index in [0.29, 0.717) is 16.8 Å². The van der Waals surface area contributed by atoms with Crippen molar-refractivity contribution in [2.24, 2.45) is 5.92 Å². The fraction of sp³-hybridized carbons (Fsp3) is 0.571. The molecule has 0 saturated carbocycles. The fourth-order valence-electron chi connectivity index (χ4n) is 2.46. The predicted octanol–water partition coefficient (Wildman–Crippen LogP) is 3.95. The van der Waals surface area contributed by atoms with Crippen molar-refractivity contribution in [2.45, 2.75) is 30.7 Å². The molecule has 2 rings (SSSR count). The van der Waals surface area contributed by atoms with Gasteiger partial charge in [-0.3, -0.25) is 0 Å². The van der Waals surface area contributed by atoms with Gasteiger partial charge in [-0.1, -0.05) is 35.0 Å². The van der Waals surface area contributed by atoms with Gasteiger partial charge in [-0.05, 0) is 30.5 Å². The smallest absolute Gasteiger partial charge is 0.118 e. The first kappa shape index (κ1) is 12.9. The highest BCUT2D eigenvalue weighted by atomic mass is 79.9. The van der Waals surface area contributed by atoms with Gasteiger partial charge in [-0.25, -0.2) is 0 Å². The molecule has 0 aromatic heterocycles. The van der Waals surface area contributed by atoms with Gasteiger partial charge in [0.1, 0.15) is 5.75 Å². The van der Waals surface area contributed by atoms with Gasteiger partial charge in [0.2, 0.25) is 0 Å². The van der Waals surface area contributed by atoms with E-state index in [0.717, 1.165) is 25.2 Å². The highest BCUT2D eigenvalue weighted by Crippen LogP contribution is 2.40. The van der Waals surface area contributed by atoms with Crippen LogP contribution in [0.1, 0.15) is 30.2 Å². The maximum Gasteiger partial charge on any atom is 0.118 e. The van der Waals surface area contributed by atoms with E-state index in [1.54, 1.807) is 7.11 Å². The molecule has 3 heteroatoms. The van der Waals surface area contributed by atoms with Crippen molar-refractivity contribution in [3.63, 3.8) is 0 Å². The Morgan fingerprint density at radius 3 is 2.71 bits per heavy atom. The Labute approximate surface area is 111 Å². The third-order valence-corrected chi connectivity index (χ3v) is 4.68. The SMILES string of the molecule is CCC1OCCC1C(Br)c1ccc(OC)cc1. The maximum atomic E-state index is 5.75. The van der Waals surface area contributed by atoms with Gasteiger partial charge in [0.05, 0.1) is 13.2 Å². The molecule has 94 valence electrons. The van der Waals surface area contributed by atoms with Crippen molar-refractivity contribution < 1.29 is 9.47 Å². The largest absolute Gasteiger partial charge is 0.497 e. The van der Waals surface area contributed by atoms with Crippen LogP contribution in [-0.4, -0.2) is 19.8 Å². The van der Waals surface area contributed by atoms with Crippen molar-refractivity contribution in [3.8, 4) is 5.75 Å². The Bertz CT molecular complexity index is 350. The second kappa shape index (κ2) is 5.87. The van der Waals surface area contributed by atoms with Crippen molar-refractivity contribution in [1.82, 2.24) is 0 Å². The summed E-state index contributed by atoms with van der Waals surface area (Å²) in [5, 5.41) is 0. The van der Waals surface area contributed by atoms with E-state index in [1.165, 1.54) is 5.56 Å². The van der Waals surface area contributed by atoms with Gasteiger partial charge in [-0.2, -0.15) is 0 Å². The number of hydrogen-bond acceptors (Lipinski definition) is 2. The fourth-order valence-corrected chi connectivity index (χ4v) is 3.37. The molecule has 3 atom stereocenters. The second-order valence-electron chi connectivity index (χ2n) is 4.44. The van der Waals surface area contributed by atoms with Crippen molar-refractivity contribution >= 4 is 15.9 Å². The lowest BCUT2D eigenvalue weighted by molar-refractivity contribution is 0.0873. The average Bonchev–Trinajstić information content (AvgIpc) is 2.86. The molecule has 0 aliphatic carbocycles. The number of hydrogen-bond donors (Lipinski definition) is 0. The minimum absolute atomic E-state index is 0.376. The molecule has 1 aromatic rings. The summed E-state index contributed by atoms with van der Waals surface area (Å²) in [4.78, 5) is 0.376. The maximum absolute atomic E-state index is 5.75. The molecule has 0 spiro atoms. The molecule has 17 heavy (non-hydrogen) atoms. The highest BCUT2D eigenvalue weighted by Gasteiger charge is 2.32. The van der Waals surface area contributed by atoms with Crippen LogP contribution >= 0.6 is 15.9 Å². The second-order valence-corrected chi connectivity index (χ2v) is 5.43. The standard InChI is InChI=1S/C14H19BrO2/c1-3-13-12(8-9-17-13)14(15)10-4-6-11(16-2)7-5-10/h4-7,12-14H,3,8-9H2,1-2H3. The van der Waals surface area contributed by atoms with E-state index in [4.69, 9.17) is 9.47 Å². The van der Waals surface area contributed by atoms with Crippen molar-refractivity contribution in [3.05, 3.63) is 29.8 Å². The molecular formula is C14H19BrO2. The third kappa shape index (κ3) is 2.83. The summed E-state index contributed by atoms with van der Waals surface area (Å²) in [5.41, 5.74) is 1.31. The van der Waals surface area contributed by atoms with Gasteiger partial charge in [0.25, 0.3) is 0 Å². The van der Waals surface area contributed by atoms with E-state index < -0.39 is 0 Å². The summed E-state index contributed by atoms with van der Waals surface area (Å²) in [6, 6.07) is 8.29. The van der Waals surface area contributed by atoms with Gasteiger partial charge in [0.15, 0.2) is 0 Å². The molecule has 1 saturated heterocycles. The van der Waals surface area contributed by atoms with Crippen molar-refractivity contribution in [2.75, 3.05) is 13.7 Å². The molecule has 1 heterocycles. The number of halogens is 1. The minimum Gasteiger partial charge on any atom is -0.497 e. The zero-order valence-electron chi connectivity index (χ0n) is 10.4. The summed E-state index contributed by atoms with van der Waals surface area (Å²) < 4.78 is 10.9. The van der Waals surface area contributed by atoms with E-state index >= 15 is 0 Å². The van der Waals surface area contributed by atoms with Gasteiger partial charge >= 0.3 is 0 Å². The quantitative estimate of drug-likeness (QED) is 0.784. The lowest BCUT2D eigenvalue weighted by atomic mass is 9.92. The van der Waals surface area contributed by atoms with Crippen LogP contribution < -0.4 is 4.74 Å². The summed E-state index contributed by atoms with van der Waals surface area (Å²) in [7, 11) is 1.69. The van der Waals surface area contributed by atoms with Crippen LogP contribution in [0.3, 0.4) is 0 Å². The van der Waals surface area contributed by atoms with Crippen molar-refractivity contribution in [1.29, 1.82) is 0 Å². The Hall–Kier alpha value is -0.540. The van der Waals surface area contributed by atoms with Crippen LogP contribution in [0.5, 0.6) is 5.75 Å². The molecule has 0 amide bonds. The minimum atomic E-state index is 0.376. The van der Waals surface area contributed by atoms with E-state index in [1.807, 2.05) is 12.1 Å². The lowest BCUT2D eigenvalue weighted by Crippen LogP contribution is -2.18. The van der Waals surface area contributed by atoms with E-state index in [2.05, 4.69) is 35.0 Å². The number of alkyl halides is 1. The number of rotatable bonds is 4. The number of ether oxygens (including phenoxy) is 2. The molecule has 1 fully saturated rings. The normalized spacial score (nSPS) is 25.8. The summed E-state index contributed by atoms with van der Waals surface area (Å²) >= 11 is 3.82. The molecular weight excluding hydrogens is 280 g/mol. The zero-order valence-corrected chi connectivity index (χ0v) is 11.9. The number of methoxy groups -OCH3 is 1. The van der Waals surface area contributed by atoms with Gasteiger partial charge in [0, 0.05) is 17.4 Å². The first-order chi connectivity index (χ1) is 8.26. The van der Waals surface area contributed by atoms with Gasteiger partial charge in [-0.15, -0.1) is 0 Å². The zero-order chi connectivity index (χ0) is 12.3. The molecule has 2 nitrogen and oxygen atoms in total. The summed E-state index contributed by atoms with van der Waals surface area (Å²) in [6.07, 6.45) is 2.62. The Balaban J connectivity index is 2.10. The molecule has 3 unspecified atom stereocenters. The monoisotopic (exact) mass is 298 g/mol. The van der Waals surface area contributed by atoms with Crippen LogP contribution in [-0.2, 0) is 4.74 Å². The third-order valence-electron chi connectivity index (χ3n) is 3.47. The predicted molar refractivity (Wildman–Crippen MR) is 72.8 cm³/mol. The van der Waals surface area contributed by atoms with Gasteiger partial charge < -0.3 is 9.47 Å². The molecule has 0 bridgehead atoms. The van der Waals surface area contributed by atoms with Crippen LogP contribution in [0.25, 0.3) is 0 Å². The molecule has 1 aliphatic heterocycles. The lowest BCUT2D eigenvalue weighted by Gasteiger charge is -2.22. The summed E-state index contributed by atoms with van der Waals surface area (Å²) in [6.45, 7) is 3.08. The number of benzene rings is 1. The molecule has 0 radical (unpaired) electrons. The molecule has 1 aromatic carbocycles. The topological polar surface area (TPSA) is 18.5 Å². The van der Waals surface area contributed by atoms with E-state index in [-0.39, 0.29) is 0 Å². The Kier molecular flexibility index (Phi) is 4.46. The first-order valence-corrected chi connectivity index (χ1v) is 7.07. The van der Waals surface area contributed by atoms with E-state index in [9.17, 15) is 0 Å². The van der Waals surface area contributed by atoms with Crippen LogP contribution in [0.15, 0.2) is 24.3 Å². The summed E-state index contributed by atoms with van der Waals surface area (Å²) in [5.74, 6) is 1.48. The van der Waals surface area contributed by atoms with Crippen LogP contribution in [0.2, 0.25) is 0 Å².